The van der Waals surface area contributed by atoms with Crippen molar-refractivity contribution in [3.8, 4) is 11.5 Å². The summed E-state index contributed by atoms with van der Waals surface area (Å²) >= 11 is 0. The van der Waals surface area contributed by atoms with Crippen molar-refractivity contribution in [1.29, 1.82) is 0 Å². The molecule has 1 aliphatic rings. The molecule has 17 heavy (non-hydrogen) atoms. The highest BCUT2D eigenvalue weighted by Crippen LogP contribution is 2.34. The van der Waals surface area contributed by atoms with Crippen molar-refractivity contribution in [2.45, 2.75) is 13.3 Å². The lowest BCUT2D eigenvalue weighted by Crippen LogP contribution is -2.43. The first-order chi connectivity index (χ1) is 8.26. The largest absolute Gasteiger partial charge is 0.506 e. The van der Waals surface area contributed by atoms with Crippen molar-refractivity contribution in [3.05, 3.63) is 17.7 Å². The number of ether oxygens (including phenoxy) is 1. The molecule has 1 aromatic rings. The Balaban J connectivity index is 2.32. The van der Waals surface area contributed by atoms with Gasteiger partial charge in [0.2, 0.25) is 0 Å². The highest BCUT2D eigenvalue weighted by Gasteiger charge is 2.16. The fourth-order valence-corrected chi connectivity index (χ4v) is 2.23. The lowest BCUT2D eigenvalue weighted by Gasteiger charge is -2.30. The van der Waals surface area contributed by atoms with Crippen LogP contribution in [0.1, 0.15) is 12.5 Å². The number of phenolic OH excluding ortho intramolecular Hbond substituents is 1. The molecule has 1 saturated heterocycles. The molecule has 0 spiro atoms. The lowest BCUT2D eigenvalue weighted by molar-refractivity contribution is 0.403. The van der Waals surface area contributed by atoms with Crippen LogP contribution >= 0.6 is 0 Å². The number of phenols is 1. The van der Waals surface area contributed by atoms with Gasteiger partial charge in [-0.15, -0.1) is 0 Å². The van der Waals surface area contributed by atoms with E-state index in [4.69, 9.17) is 4.74 Å². The molecule has 1 aliphatic heterocycles. The minimum Gasteiger partial charge on any atom is -0.506 e. The molecule has 0 saturated carbocycles. The fraction of sp³-hybridized carbons (Fsp3) is 0.538. The number of aromatic hydroxyl groups is 1. The van der Waals surface area contributed by atoms with E-state index in [1.54, 1.807) is 13.2 Å². The van der Waals surface area contributed by atoms with Gasteiger partial charge < -0.3 is 20.1 Å². The van der Waals surface area contributed by atoms with Crippen molar-refractivity contribution >= 4 is 5.69 Å². The Kier molecular flexibility index (Phi) is 3.74. The van der Waals surface area contributed by atoms with Crippen LogP contribution in [0.5, 0.6) is 11.5 Å². The third-order valence-corrected chi connectivity index (χ3v) is 3.22. The third-order valence-electron chi connectivity index (χ3n) is 3.22. The first-order valence-electron chi connectivity index (χ1n) is 6.11. The summed E-state index contributed by atoms with van der Waals surface area (Å²) in [5, 5.41) is 13.4. The summed E-state index contributed by atoms with van der Waals surface area (Å²) < 4.78 is 5.27. The molecule has 4 heteroatoms. The molecule has 0 atom stereocenters. The second kappa shape index (κ2) is 5.27. The van der Waals surface area contributed by atoms with Crippen LogP contribution in [-0.2, 0) is 6.42 Å². The molecule has 1 aromatic carbocycles. The van der Waals surface area contributed by atoms with Crippen molar-refractivity contribution < 1.29 is 9.84 Å². The van der Waals surface area contributed by atoms with E-state index in [-0.39, 0.29) is 0 Å². The number of anilines is 1. The van der Waals surface area contributed by atoms with Gasteiger partial charge in [0.05, 0.1) is 12.8 Å². The minimum absolute atomic E-state index is 0.306. The van der Waals surface area contributed by atoms with Crippen molar-refractivity contribution in [2.75, 3.05) is 38.2 Å². The predicted octanol–water partition coefficient (Wildman–Crippen LogP) is 1.37. The van der Waals surface area contributed by atoms with Crippen LogP contribution < -0.4 is 15.0 Å². The van der Waals surface area contributed by atoms with Gasteiger partial charge in [-0.05, 0) is 18.1 Å². The molecule has 2 rings (SSSR count). The molecule has 0 radical (unpaired) electrons. The summed E-state index contributed by atoms with van der Waals surface area (Å²) in [7, 11) is 1.64. The predicted molar refractivity (Wildman–Crippen MR) is 69.1 cm³/mol. The second-order valence-corrected chi connectivity index (χ2v) is 4.24. The van der Waals surface area contributed by atoms with E-state index in [0.717, 1.165) is 49.6 Å². The van der Waals surface area contributed by atoms with E-state index in [1.165, 1.54) is 0 Å². The molecule has 94 valence electrons. The highest BCUT2D eigenvalue weighted by molar-refractivity contribution is 5.63. The molecule has 0 amide bonds. The van der Waals surface area contributed by atoms with Crippen molar-refractivity contribution in [2.24, 2.45) is 0 Å². The molecule has 0 aliphatic carbocycles. The molecule has 1 fully saturated rings. The molecular formula is C13H20N2O2. The minimum atomic E-state index is 0.306. The maximum absolute atomic E-state index is 10.1. The van der Waals surface area contributed by atoms with E-state index in [0.29, 0.717) is 5.75 Å². The van der Waals surface area contributed by atoms with Gasteiger partial charge in [0.1, 0.15) is 11.5 Å². The van der Waals surface area contributed by atoms with Gasteiger partial charge in [0.25, 0.3) is 0 Å². The Hall–Kier alpha value is -1.42. The molecule has 1 heterocycles. The number of methoxy groups -OCH3 is 1. The SMILES string of the molecule is CCc1cc(N2CCNCC2)c(O)cc1OC. The summed E-state index contributed by atoms with van der Waals surface area (Å²) in [6.45, 7) is 5.89. The van der Waals surface area contributed by atoms with Gasteiger partial charge in [-0.25, -0.2) is 0 Å². The summed E-state index contributed by atoms with van der Waals surface area (Å²) in [6, 6.07) is 3.76. The Morgan fingerprint density at radius 3 is 2.65 bits per heavy atom. The van der Waals surface area contributed by atoms with Crippen molar-refractivity contribution in [1.82, 2.24) is 5.32 Å². The van der Waals surface area contributed by atoms with Crippen LogP contribution in [0, 0.1) is 0 Å². The number of benzene rings is 1. The zero-order chi connectivity index (χ0) is 12.3. The summed E-state index contributed by atoms with van der Waals surface area (Å²) in [5.41, 5.74) is 2.06. The van der Waals surface area contributed by atoms with E-state index in [1.807, 2.05) is 6.07 Å². The molecule has 4 nitrogen and oxygen atoms in total. The van der Waals surface area contributed by atoms with Crippen LogP contribution in [0.2, 0.25) is 0 Å². The average molecular weight is 236 g/mol. The third kappa shape index (κ3) is 2.47. The van der Waals surface area contributed by atoms with Gasteiger partial charge in [-0.3, -0.25) is 0 Å². The lowest BCUT2D eigenvalue weighted by atomic mass is 10.1. The smallest absolute Gasteiger partial charge is 0.142 e. The Labute approximate surface area is 102 Å². The van der Waals surface area contributed by atoms with Gasteiger partial charge in [0, 0.05) is 32.2 Å². The monoisotopic (exact) mass is 236 g/mol. The van der Waals surface area contributed by atoms with Gasteiger partial charge >= 0.3 is 0 Å². The van der Waals surface area contributed by atoms with Crippen LogP contribution in [0.25, 0.3) is 0 Å². The zero-order valence-electron chi connectivity index (χ0n) is 10.5. The van der Waals surface area contributed by atoms with E-state index in [9.17, 15) is 5.11 Å². The number of aryl methyl sites for hydroxylation is 1. The first kappa shape index (κ1) is 12.0. The van der Waals surface area contributed by atoms with Crippen LogP contribution in [0.4, 0.5) is 5.69 Å². The number of nitrogens with zero attached hydrogens (tertiary/aromatic N) is 1. The second-order valence-electron chi connectivity index (χ2n) is 4.24. The quantitative estimate of drug-likeness (QED) is 0.832. The summed E-state index contributed by atoms with van der Waals surface area (Å²) in [5.74, 6) is 1.07. The Morgan fingerprint density at radius 2 is 2.06 bits per heavy atom. The number of rotatable bonds is 3. The average Bonchev–Trinajstić information content (AvgIpc) is 2.39. The van der Waals surface area contributed by atoms with Gasteiger partial charge in [0.15, 0.2) is 0 Å². The van der Waals surface area contributed by atoms with Crippen LogP contribution in [0.3, 0.4) is 0 Å². The van der Waals surface area contributed by atoms with Crippen LogP contribution in [-0.4, -0.2) is 38.4 Å². The Bertz CT molecular complexity index is 387. The number of hydrogen-bond donors (Lipinski definition) is 2. The summed E-state index contributed by atoms with van der Waals surface area (Å²) in [4.78, 5) is 2.21. The number of hydrogen-bond acceptors (Lipinski definition) is 4. The topological polar surface area (TPSA) is 44.7 Å². The van der Waals surface area contributed by atoms with Crippen LogP contribution in [0.15, 0.2) is 12.1 Å². The van der Waals surface area contributed by atoms with Gasteiger partial charge in [-0.1, -0.05) is 6.92 Å². The van der Waals surface area contributed by atoms with E-state index >= 15 is 0 Å². The molecule has 0 aromatic heterocycles. The molecular weight excluding hydrogens is 216 g/mol. The Morgan fingerprint density at radius 1 is 1.35 bits per heavy atom. The van der Waals surface area contributed by atoms with Gasteiger partial charge in [-0.2, -0.15) is 0 Å². The fourth-order valence-electron chi connectivity index (χ4n) is 2.23. The zero-order valence-corrected chi connectivity index (χ0v) is 10.5. The molecule has 2 N–H and O–H groups in total. The standard InChI is InChI=1S/C13H20N2O2/c1-3-10-8-11(12(16)9-13(10)17-2)15-6-4-14-5-7-15/h8-9,14,16H,3-7H2,1-2H3. The van der Waals surface area contributed by atoms with Crippen molar-refractivity contribution in [3.63, 3.8) is 0 Å². The number of nitrogens with one attached hydrogen (secondary N) is 1. The maximum Gasteiger partial charge on any atom is 0.142 e. The van der Waals surface area contributed by atoms with E-state index < -0.39 is 0 Å². The normalized spacial score (nSPS) is 16.0. The summed E-state index contributed by atoms with van der Waals surface area (Å²) in [6.07, 6.45) is 0.905. The molecule has 0 unspecified atom stereocenters. The first-order valence-corrected chi connectivity index (χ1v) is 6.11. The molecule has 0 bridgehead atoms. The highest BCUT2D eigenvalue weighted by atomic mass is 16.5. The number of piperazine rings is 1. The maximum atomic E-state index is 10.1. The van der Waals surface area contributed by atoms with E-state index in [2.05, 4.69) is 17.1 Å².